The van der Waals surface area contributed by atoms with Crippen LogP contribution in [-0.4, -0.2) is 165 Å². The number of hydrogen-bond donors (Lipinski definition) is 3. The van der Waals surface area contributed by atoms with E-state index < -0.39 is 18.2 Å². The van der Waals surface area contributed by atoms with Crippen molar-refractivity contribution in [1.29, 1.82) is 0 Å². The van der Waals surface area contributed by atoms with Gasteiger partial charge in [-0.1, -0.05) is 53.6 Å². The summed E-state index contributed by atoms with van der Waals surface area (Å²) in [5.74, 6) is -0.0207. The maximum Gasteiger partial charge on any atom is 0.410 e. The number of allylic oxidation sites excluding steroid dienone is 2. The molecule has 6 atom stereocenters. The standard InChI is InChI=1S/C62H74Cl2N12O8/c1-37(2)83-61(79)75-23-19-73(20-24-75)59-44-15-13-42(63)30-46(44)48(28-40-11-9-17-66-55(40)59)57(50-32-65-36-71(50)6)70-54(78)35-82-39(5)27-52-68-33-51(72(52)7)58(69-53(77)34-81-8)49-29-41-12-10-18-67-56(41)60(45-16-14-43(64)31-47(45)49)74-21-25-76(26-22-74)62(80)84-38(3)4/h9-18,28-33,36-39,56-60,67H,19-27,34-35H2,1-8H3,(H,69,77)(H,70,78). The number of piperazine rings is 2. The van der Waals surface area contributed by atoms with Gasteiger partial charge in [0.1, 0.15) is 19.0 Å². The molecule has 4 amide bonds. The van der Waals surface area contributed by atoms with Crippen molar-refractivity contribution in [3.8, 4) is 0 Å². The summed E-state index contributed by atoms with van der Waals surface area (Å²) in [6, 6.07) is 13.6. The van der Waals surface area contributed by atoms with Crippen molar-refractivity contribution in [1.82, 2.24) is 59.6 Å². The van der Waals surface area contributed by atoms with Crippen LogP contribution in [0.15, 0.2) is 103 Å². The zero-order chi connectivity index (χ0) is 59.3. The summed E-state index contributed by atoms with van der Waals surface area (Å²) in [5.41, 5.74) is 9.40. The fraction of sp³-hybridized carbons (Fsp3) is 0.435. The predicted molar refractivity (Wildman–Crippen MR) is 320 cm³/mol. The molecule has 2 saturated heterocycles. The van der Waals surface area contributed by atoms with Gasteiger partial charge in [-0.2, -0.15) is 0 Å². The molecule has 0 saturated carbocycles. The molecule has 444 valence electrons. The number of benzene rings is 2. The number of carbonyl (C=O) groups is 4. The van der Waals surface area contributed by atoms with Crippen molar-refractivity contribution in [3.05, 3.63) is 164 Å². The molecule has 3 aliphatic heterocycles. The van der Waals surface area contributed by atoms with Gasteiger partial charge in [0.15, 0.2) is 0 Å². The van der Waals surface area contributed by atoms with E-state index in [1.165, 1.54) is 7.11 Å². The third-order valence-corrected chi connectivity index (χ3v) is 16.5. The Bertz CT molecular complexity index is 3370. The van der Waals surface area contributed by atoms with Crippen LogP contribution in [0.3, 0.4) is 0 Å². The number of pyridine rings is 1. The van der Waals surface area contributed by atoms with Crippen LogP contribution in [0.4, 0.5) is 9.59 Å². The molecule has 20 nitrogen and oxygen atoms in total. The molecule has 3 N–H and O–H groups in total. The van der Waals surface area contributed by atoms with Gasteiger partial charge in [0.25, 0.3) is 0 Å². The van der Waals surface area contributed by atoms with Crippen LogP contribution >= 0.6 is 23.2 Å². The van der Waals surface area contributed by atoms with Crippen molar-refractivity contribution in [3.63, 3.8) is 0 Å². The zero-order valence-corrected chi connectivity index (χ0v) is 50.3. The number of nitrogens with one attached hydrogen (secondary N) is 3. The van der Waals surface area contributed by atoms with E-state index in [1.807, 2.05) is 113 Å². The van der Waals surface area contributed by atoms with Gasteiger partial charge < -0.3 is 53.8 Å². The topological polar surface area (TPSA) is 203 Å². The summed E-state index contributed by atoms with van der Waals surface area (Å²) in [6.45, 7) is 13.2. The largest absolute Gasteiger partial charge is 0.447 e. The minimum Gasteiger partial charge on any atom is -0.447 e. The molecule has 0 radical (unpaired) electrons. The summed E-state index contributed by atoms with van der Waals surface area (Å²) in [7, 11) is 5.28. The Morgan fingerprint density at radius 1 is 0.726 bits per heavy atom. The van der Waals surface area contributed by atoms with Gasteiger partial charge in [0, 0.05) is 96.2 Å². The van der Waals surface area contributed by atoms with Crippen LogP contribution in [0.5, 0.6) is 0 Å². The first-order valence-electron chi connectivity index (χ1n) is 28.6. The molecular formula is C62H74Cl2N12O8. The molecule has 0 spiro atoms. The second-order valence-electron chi connectivity index (χ2n) is 22.4. The summed E-state index contributed by atoms with van der Waals surface area (Å²) in [4.78, 5) is 76.8. The van der Waals surface area contributed by atoms with E-state index in [9.17, 15) is 19.2 Å². The number of amides is 4. The van der Waals surface area contributed by atoms with Crippen LogP contribution < -0.4 is 16.0 Å². The molecule has 2 aromatic carbocycles. The number of imidazole rings is 2. The highest BCUT2D eigenvalue weighted by atomic mass is 35.5. The number of halogens is 2. The van der Waals surface area contributed by atoms with Gasteiger partial charge in [-0.05, 0) is 128 Å². The number of fused-ring (bicyclic) bond motifs is 4. The first-order chi connectivity index (χ1) is 40.5. The fourth-order valence-corrected chi connectivity index (χ4v) is 12.3. The lowest BCUT2D eigenvalue weighted by Crippen LogP contribution is -2.53. The lowest BCUT2D eigenvalue weighted by molar-refractivity contribution is -0.128. The molecule has 2 aliphatic carbocycles. The quantitative estimate of drug-likeness (QED) is 0.0809. The lowest BCUT2D eigenvalue weighted by atomic mass is 9.88. The Balaban J connectivity index is 0.894. The molecule has 6 heterocycles. The van der Waals surface area contributed by atoms with E-state index in [-0.39, 0.29) is 67.5 Å². The number of aromatic nitrogens is 5. The molecule has 10 rings (SSSR count). The van der Waals surface area contributed by atoms with Crippen molar-refractivity contribution in [2.45, 2.75) is 89.6 Å². The Labute approximate surface area is 500 Å². The van der Waals surface area contributed by atoms with E-state index in [4.69, 9.17) is 52.1 Å². The van der Waals surface area contributed by atoms with Gasteiger partial charge >= 0.3 is 12.2 Å². The van der Waals surface area contributed by atoms with Gasteiger partial charge in [-0.15, -0.1) is 0 Å². The molecular weight excluding hydrogens is 1110 g/mol. The Hall–Kier alpha value is -7.33. The molecule has 3 aromatic heterocycles. The molecule has 84 heavy (non-hydrogen) atoms. The number of hydrogen-bond acceptors (Lipinski definition) is 14. The van der Waals surface area contributed by atoms with E-state index >= 15 is 0 Å². The van der Waals surface area contributed by atoms with Gasteiger partial charge in [0.2, 0.25) is 11.8 Å². The average Bonchev–Trinajstić information content (AvgIpc) is 2.29. The highest BCUT2D eigenvalue weighted by Gasteiger charge is 2.41. The molecule has 5 aliphatic rings. The van der Waals surface area contributed by atoms with Crippen molar-refractivity contribution in [2.75, 3.05) is 72.7 Å². The SMILES string of the molecule is COCC(=O)NC(C1=CC2=CC=CNC2C(N2CCN(C(=O)OC(C)C)CC2)c2ccc(Cl)cc21)c1cnc(CC(C)OCC(=O)NC(C2=Cc3cccnc3C(N3CCN(C(=O)OC(C)C)CC3)c3ccc(Cl)cc32)c2cncn2C)n1C. The second-order valence-corrected chi connectivity index (χ2v) is 23.3. The minimum absolute atomic E-state index is 0.174. The third kappa shape index (κ3) is 13.1. The number of carbonyl (C=O) groups excluding carboxylic acids is 4. The normalized spacial score (nSPS) is 19.9. The summed E-state index contributed by atoms with van der Waals surface area (Å²) >= 11 is 13.8. The van der Waals surface area contributed by atoms with E-state index in [0.29, 0.717) is 80.3 Å². The minimum atomic E-state index is -0.724. The smallest absolute Gasteiger partial charge is 0.410 e. The lowest BCUT2D eigenvalue weighted by Gasteiger charge is -2.43. The number of nitrogens with zero attached hydrogens (tertiary/aromatic N) is 9. The van der Waals surface area contributed by atoms with Crippen LogP contribution in [0.1, 0.15) is 110 Å². The summed E-state index contributed by atoms with van der Waals surface area (Å²) in [5, 5.41) is 11.3. The van der Waals surface area contributed by atoms with Crippen molar-refractivity contribution >= 4 is 64.4 Å². The highest BCUT2D eigenvalue weighted by Crippen LogP contribution is 2.46. The first-order valence-corrected chi connectivity index (χ1v) is 29.4. The van der Waals surface area contributed by atoms with Crippen LogP contribution in [0.2, 0.25) is 10.0 Å². The number of methoxy groups -OCH3 is 1. The summed E-state index contributed by atoms with van der Waals surface area (Å²) in [6.07, 6.45) is 16.0. The van der Waals surface area contributed by atoms with E-state index in [0.717, 1.165) is 55.9 Å². The Morgan fingerprint density at radius 3 is 1.96 bits per heavy atom. The van der Waals surface area contributed by atoms with E-state index in [1.54, 1.807) is 34.7 Å². The van der Waals surface area contributed by atoms with Gasteiger partial charge in [-0.3, -0.25) is 24.4 Å². The number of ether oxygens (including phenoxy) is 4. The van der Waals surface area contributed by atoms with Crippen LogP contribution in [0, 0.1) is 0 Å². The second kappa shape index (κ2) is 26.3. The predicted octanol–water partition coefficient (Wildman–Crippen LogP) is 7.98. The average molecular weight is 1190 g/mol. The number of rotatable bonds is 17. The third-order valence-electron chi connectivity index (χ3n) is 16.0. The Kier molecular flexibility index (Phi) is 18.7. The molecule has 6 unspecified atom stereocenters. The van der Waals surface area contributed by atoms with Crippen LogP contribution in [-0.2, 0) is 49.1 Å². The first kappa shape index (κ1) is 59.8. The molecule has 0 bridgehead atoms. The van der Waals surface area contributed by atoms with Crippen molar-refractivity contribution < 1.29 is 38.1 Å². The molecule has 2 fully saturated rings. The monoisotopic (exact) mass is 1180 g/mol. The number of dihydropyridines is 1. The zero-order valence-electron chi connectivity index (χ0n) is 48.8. The molecule has 5 aromatic rings. The maximum atomic E-state index is 14.5. The maximum absolute atomic E-state index is 14.5. The van der Waals surface area contributed by atoms with Crippen LogP contribution in [0.25, 0.3) is 17.2 Å². The van der Waals surface area contributed by atoms with E-state index in [2.05, 4.69) is 55.0 Å². The summed E-state index contributed by atoms with van der Waals surface area (Å²) < 4.78 is 26.7. The van der Waals surface area contributed by atoms with Gasteiger partial charge in [-0.25, -0.2) is 19.6 Å². The fourth-order valence-electron chi connectivity index (χ4n) is 12.0. The molecule has 22 heteroatoms. The van der Waals surface area contributed by atoms with Gasteiger partial charge in [0.05, 0.1) is 84.3 Å². The highest BCUT2D eigenvalue weighted by molar-refractivity contribution is 6.31. The number of aryl methyl sites for hydroxylation is 1. The van der Waals surface area contributed by atoms with Crippen molar-refractivity contribution in [2.24, 2.45) is 14.1 Å². The Morgan fingerprint density at radius 2 is 1.33 bits per heavy atom.